The Morgan fingerprint density at radius 2 is 2.00 bits per heavy atom. The number of halogens is 5. The molecular formula is C10H7ClF4OS. The van der Waals surface area contributed by atoms with E-state index in [1.807, 2.05) is 0 Å². The molecule has 17 heavy (non-hydrogen) atoms. The minimum absolute atomic E-state index is 0.124. The molecule has 1 aromatic carbocycles. The van der Waals surface area contributed by atoms with Crippen LogP contribution in [0.25, 0.3) is 0 Å². The fraction of sp³-hybridized carbons (Fsp3) is 0.300. The Hall–Kier alpha value is -0.750. The summed E-state index contributed by atoms with van der Waals surface area (Å²) in [5.41, 5.74) is -4.40. The predicted octanol–water partition coefficient (Wildman–Crippen LogP) is 3.79. The molecule has 0 saturated heterocycles. The Bertz CT molecular complexity index is 419. The lowest BCUT2D eigenvalue weighted by Gasteiger charge is -2.10. The summed E-state index contributed by atoms with van der Waals surface area (Å²) in [5, 5.41) is 0. The molecule has 0 fully saturated rings. The second kappa shape index (κ2) is 5.73. The maximum atomic E-state index is 12.9. The van der Waals surface area contributed by atoms with E-state index in [1.54, 1.807) is 0 Å². The van der Waals surface area contributed by atoms with E-state index < -0.39 is 28.9 Å². The second-order valence-electron chi connectivity index (χ2n) is 3.15. The highest BCUT2D eigenvalue weighted by Gasteiger charge is 2.30. The summed E-state index contributed by atoms with van der Waals surface area (Å²) in [6.45, 7) is 0. The molecule has 0 bridgehead atoms. The molecule has 0 spiro atoms. The quantitative estimate of drug-likeness (QED) is 0.476. The second-order valence-corrected chi connectivity index (χ2v) is 4.52. The number of alkyl halides is 4. The van der Waals surface area contributed by atoms with Crippen molar-refractivity contribution >= 4 is 29.1 Å². The smallest absolute Gasteiger partial charge is 0.298 e. The van der Waals surface area contributed by atoms with Crippen LogP contribution in [0.1, 0.15) is 5.56 Å². The first kappa shape index (κ1) is 14.3. The van der Waals surface area contributed by atoms with Gasteiger partial charge in [0.2, 0.25) is 0 Å². The van der Waals surface area contributed by atoms with Crippen molar-refractivity contribution in [2.45, 2.75) is 16.8 Å². The van der Waals surface area contributed by atoms with E-state index in [9.17, 15) is 22.4 Å². The molecule has 0 atom stereocenters. The van der Waals surface area contributed by atoms with Crippen LogP contribution in [0.3, 0.4) is 0 Å². The molecule has 94 valence electrons. The summed E-state index contributed by atoms with van der Waals surface area (Å²) < 4.78 is 49.5. The first-order valence-corrected chi connectivity index (χ1v) is 5.79. The van der Waals surface area contributed by atoms with Crippen molar-refractivity contribution < 1.29 is 22.4 Å². The molecule has 0 N–H and O–H groups in total. The van der Waals surface area contributed by atoms with Crippen LogP contribution in [0.2, 0.25) is 0 Å². The molecule has 0 saturated carbocycles. The minimum atomic E-state index is -4.52. The molecule has 0 aliphatic heterocycles. The van der Waals surface area contributed by atoms with Gasteiger partial charge in [0.05, 0.1) is 5.88 Å². The van der Waals surface area contributed by atoms with Crippen molar-refractivity contribution in [3.63, 3.8) is 0 Å². The third-order valence-corrected chi connectivity index (χ3v) is 2.92. The minimum Gasteiger partial charge on any atom is -0.298 e. The highest BCUT2D eigenvalue weighted by Crippen LogP contribution is 2.39. The Balaban J connectivity index is 2.99. The lowest BCUT2D eigenvalue weighted by Crippen LogP contribution is -2.07. The van der Waals surface area contributed by atoms with Gasteiger partial charge in [0.1, 0.15) is 5.82 Å². The third kappa shape index (κ3) is 4.95. The van der Waals surface area contributed by atoms with Crippen LogP contribution in [0.5, 0.6) is 0 Å². The van der Waals surface area contributed by atoms with E-state index in [2.05, 4.69) is 0 Å². The molecule has 0 amide bonds. The van der Waals surface area contributed by atoms with Crippen molar-refractivity contribution in [3.8, 4) is 0 Å². The van der Waals surface area contributed by atoms with Crippen molar-refractivity contribution in [2.24, 2.45) is 0 Å². The Morgan fingerprint density at radius 3 is 2.53 bits per heavy atom. The molecule has 0 aliphatic rings. The lowest BCUT2D eigenvalue weighted by atomic mass is 10.1. The van der Waals surface area contributed by atoms with Gasteiger partial charge in [-0.3, -0.25) is 4.79 Å². The number of carbonyl (C=O) groups excluding carboxylic acids is 1. The zero-order valence-corrected chi connectivity index (χ0v) is 9.93. The van der Waals surface area contributed by atoms with Gasteiger partial charge in [-0.2, -0.15) is 13.2 Å². The van der Waals surface area contributed by atoms with E-state index in [-0.39, 0.29) is 22.8 Å². The van der Waals surface area contributed by atoms with Crippen molar-refractivity contribution in [1.82, 2.24) is 0 Å². The van der Waals surface area contributed by atoms with E-state index in [0.717, 1.165) is 18.2 Å². The van der Waals surface area contributed by atoms with Gasteiger partial charge in [-0.1, -0.05) is 6.07 Å². The standard InChI is InChI=1S/C10H7ClF4OS/c11-5-8(16)3-6-1-2-7(12)4-9(6)17-10(13,14)15/h1-2,4H,3,5H2. The van der Waals surface area contributed by atoms with Crippen molar-refractivity contribution in [3.05, 3.63) is 29.6 Å². The van der Waals surface area contributed by atoms with Gasteiger partial charge in [-0.15, -0.1) is 11.6 Å². The highest BCUT2D eigenvalue weighted by molar-refractivity contribution is 8.00. The number of hydrogen-bond acceptors (Lipinski definition) is 2. The number of ketones is 1. The molecular weight excluding hydrogens is 280 g/mol. The summed E-state index contributed by atoms with van der Waals surface area (Å²) in [6.07, 6.45) is -0.234. The van der Waals surface area contributed by atoms with Crippen LogP contribution in [0, 0.1) is 5.82 Å². The molecule has 0 aliphatic carbocycles. The van der Waals surface area contributed by atoms with Gasteiger partial charge >= 0.3 is 5.51 Å². The number of benzene rings is 1. The average Bonchev–Trinajstić information content (AvgIpc) is 2.19. The molecule has 0 unspecified atom stereocenters. The maximum absolute atomic E-state index is 12.9. The molecule has 0 aromatic heterocycles. The summed E-state index contributed by atoms with van der Waals surface area (Å²) in [4.78, 5) is 10.8. The average molecular weight is 287 g/mol. The molecule has 0 heterocycles. The van der Waals surface area contributed by atoms with E-state index in [0.29, 0.717) is 0 Å². The number of thioether (sulfide) groups is 1. The number of rotatable bonds is 4. The summed E-state index contributed by atoms with van der Waals surface area (Å²) in [5.74, 6) is -1.48. The van der Waals surface area contributed by atoms with Gasteiger partial charge in [-0.05, 0) is 29.5 Å². The monoisotopic (exact) mass is 286 g/mol. The van der Waals surface area contributed by atoms with Gasteiger partial charge in [0.25, 0.3) is 0 Å². The van der Waals surface area contributed by atoms with E-state index in [1.165, 1.54) is 0 Å². The van der Waals surface area contributed by atoms with Crippen LogP contribution in [0.4, 0.5) is 17.6 Å². The van der Waals surface area contributed by atoms with Crippen LogP contribution in [0.15, 0.2) is 23.1 Å². The van der Waals surface area contributed by atoms with Gasteiger partial charge in [0, 0.05) is 11.3 Å². The third-order valence-electron chi connectivity index (χ3n) is 1.79. The van der Waals surface area contributed by atoms with E-state index >= 15 is 0 Å². The van der Waals surface area contributed by atoms with Crippen LogP contribution >= 0.6 is 23.4 Å². The topological polar surface area (TPSA) is 17.1 Å². The molecule has 7 heteroatoms. The summed E-state index contributed by atoms with van der Waals surface area (Å²) in [7, 11) is 0. The van der Waals surface area contributed by atoms with Crippen molar-refractivity contribution in [2.75, 3.05) is 5.88 Å². The van der Waals surface area contributed by atoms with Crippen LogP contribution < -0.4 is 0 Å². The van der Waals surface area contributed by atoms with Gasteiger partial charge < -0.3 is 0 Å². The fourth-order valence-corrected chi connectivity index (χ4v) is 1.94. The Kier molecular flexibility index (Phi) is 4.82. The molecule has 0 radical (unpaired) electrons. The molecule has 1 rings (SSSR count). The first-order chi connectivity index (χ1) is 7.81. The zero-order chi connectivity index (χ0) is 13.1. The fourth-order valence-electron chi connectivity index (χ4n) is 1.15. The zero-order valence-electron chi connectivity index (χ0n) is 8.35. The maximum Gasteiger partial charge on any atom is 0.446 e. The predicted molar refractivity (Wildman–Crippen MR) is 57.7 cm³/mol. The molecule has 1 aromatic rings. The van der Waals surface area contributed by atoms with Crippen molar-refractivity contribution in [1.29, 1.82) is 0 Å². The number of Topliss-reactive ketones (excluding diaryl/α,β-unsaturated/α-hetero) is 1. The first-order valence-electron chi connectivity index (χ1n) is 4.43. The largest absolute Gasteiger partial charge is 0.446 e. The normalized spacial score (nSPS) is 11.6. The Morgan fingerprint density at radius 1 is 1.35 bits per heavy atom. The number of hydrogen-bond donors (Lipinski definition) is 0. The van der Waals surface area contributed by atoms with E-state index in [4.69, 9.17) is 11.6 Å². The lowest BCUT2D eigenvalue weighted by molar-refractivity contribution is -0.116. The van der Waals surface area contributed by atoms with Crippen LogP contribution in [-0.4, -0.2) is 17.2 Å². The van der Waals surface area contributed by atoms with Crippen LogP contribution in [-0.2, 0) is 11.2 Å². The van der Waals surface area contributed by atoms with Gasteiger partial charge in [-0.25, -0.2) is 4.39 Å². The Labute approximate surface area is 104 Å². The molecule has 1 nitrogen and oxygen atoms in total. The van der Waals surface area contributed by atoms with Gasteiger partial charge in [0.15, 0.2) is 5.78 Å². The summed E-state index contributed by atoms with van der Waals surface area (Å²) in [6, 6.07) is 2.93. The number of carbonyl (C=O) groups is 1. The SMILES string of the molecule is O=C(CCl)Cc1ccc(F)cc1SC(F)(F)F. The summed E-state index contributed by atoms with van der Waals surface area (Å²) >= 11 is 4.82. The highest BCUT2D eigenvalue weighted by atomic mass is 35.5.